The zero-order valence-corrected chi connectivity index (χ0v) is 13.8. The summed E-state index contributed by atoms with van der Waals surface area (Å²) in [6, 6.07) is 8.30. The van der Waals surface area contributed by atoms with Gasteiger partial charge in [-0.05, 0) is 49.9 Å². The predicted molar refractivity (Wildman–Crippen MR) is 90.2 cm³/mol. The first-order valence-electron chi connectivity index (χ1n) is 8.36. The summed E-state index contributed by atoms with van der Waals surface area (Å²) in [4.78, 5) is 14.3. The topological polar surface area (TPSA) is 58.4 Å². The number of hydrogen-bond acceptors (Lipinski definition) is 3. The second-order valence-corrected chi connectivity index (χ2v) is 6.69. The van der Waals surface area contributed by atoms with Gasteiger partial charge in [0.05, 0.1) is 0 Å². The number of carbonyl (C=O) groups excluding carboxylic acids is 1. The number of hydrogen-bond donors (Lipinski definition) is 2. The highest BCUT2D eigenvalue weighted by atomic mass is 16.1. The lowest BCUT2D eigenvalue weighted by Gasteiger charge is -2.30. The molecule has 22 heavy (non-hydrogen) atoms. The highest BCUT2D eigenvalue weighted by molar-refractivity contribution is 5.76. The van der Waals surface area contributed by atoms with Crippen LogP contribution in [0.3, 0.4) is 0 Å². The minimum Gasteiger partial charge on any atom is -0.352 e. The molecule has 1 aliphatic rings. The first-order chi connectivity index (χ1) is 10.5. The molecule has 1 fully saturated rings. The molecule has 1 amide bonds. The van der Waals surface area contributed by atoms with E-state index in [0.717, 1.165) is 12.5 Å². The molecule has 0 radical (unpaired) electrons. The van der Waals surface area contributed by atoms with Crippen molar-refractivity contribution < 1.29 is 4.79 Å². The number of likely N-dealkylation sites (tertiary alicyclic amines) is 1. The van der Waals surface area contributed by atoms with E-state index >= 15 is 0 Å². The zero-order chi connectivity index (χ0) is 15.9. The largest absolute Gasteiger partial charge is 0.352 e. The fourth-order valence-corrected chi connectivity index (χ4v) is 2.90. The van der Waals surface area contributed by atoms with Gasteiger partial charge in [-0.25, -0.2) is 0 Å². The highest BCUT2D eigenvalue weighted by Crippen LogP contribution is 2.19. The van der Waals surface area contributed by atoms with E-state index in [0.29, 0.717) is 13.0 Å². The lowest BCUT2D eigenvalue weighted by Crippen LogP contribution is -2.33. The number of piperidine rings is 1. The van der Waals surface area contributed by atoms with E-state index in [-0.39, 0.29) is 11.9 Å². The second-order valence-electron chi connectivity index (χ2n) is 6.69. The second kappa shape index (κ2) is 8.30. The molecule has 4 heteroatoms. The maximum Gasteiger partial charge on any atom is 0.221 e. The fraction of sp³-hybridized carbons (Fsp3) is 0.611. The third-order valence-electron chi connectivity index (χ3n) is 4.37. The van der Waals surface area contributed by atoms with Crippen LogP contribution in [0, 0.1) is 5.92 Å². The molecule has 0 spiro atoms. The van der Waals surface area contributed by atoms with Gasteiger partial charge in [0, 0.05) is 25.6 Å². The number of nitrogens with two attached hydrogens (primary N) is 1. The zero-order valence-electron chi connectivity index (χ0n) is 13.8. The molecule has 4 nitrogen and oxygen atoms in total. The van der Waals surface area contributed by atoms with E-state index in [9.17, 15) is 4.79 Å². The van der Waals surface area contributed by atoms with Crippen molar-refractivity contribution in [2.24, 2.45) is 11.7 Å². The maximum absolute atomic E-state index is 11.8. The van der Waals surface area contributed by atoms with Crippen LogP contribution in [0.2, 0.25) is 0 Å². The quantitative estimate of drug-likeness (QED) is 0.847. The van der Waals surface area contributed by atoms with Gasteiger partial charge in [-0.15, -0.1) is 0 Å². The molecule has 1 atom stereocenters. The van der Waals surface area contributed by atoms with Gasteiger partial charge in [-0.1, -0.05) is 31.2 Å². The predicted octanol–water partition coefficient (Wildman–Crippen LogP) is 2.27. The summed E-state index contributed by atoms with van der Waals surface area (Å²) in [5.41, 5.74) is 8.18. The standard InChI is InChI=1S/C18H29N3O/c1-14-7-9-21(10-8-14)13-17-6-4-3-5-16(17)12-20-18(22)11-15(2)19/h3-6,14-15H,7-13,19H2,1-2H3,(H,20,22). The number of amides is 1. The Morgan fingerprint density at radius 2 is 1.95 bits per heavy atom. The van der Waals surface area contributed by atoms with Crippen LogP contribution in [0.5, 0.6) is 0 Å². The van der Waals surface area contributed by atoms with Crippen LogP contribution in [-0.4, -0.2) is 29.9 Å². The third kappa shape index (κ3) is 5.43. The van der Waals surface area contributed by atoms with Crippen LogP contribution in [0.15, 0.2) is 24.3 Å². The molecule has 1 unspecified atom stereocenters. The smallest absolute Gasteiger partial charge is 0.221 e. The Balaban J connectivity index is 1.90. The maximum atomic E-state index is 11.8. The fourth-order valence-electron chi connectivity index (χ4n) is 2.90. The minimum absolute atomic E-state index is 0.0246. The average molecular weight is 303 g/mol. The van der Waals surface area contributed by atoms with Gasteiger partial charge in [0.15, 0.2) is 0 Å². The number of nitrogens with zero attached hydrogens (tertiary/aromatic N) is 1. The van der Waals surface area contributed by atoms with Gasteiger partial charge in [0.2, 0.25) is 5.91 Å². The van der Waals surface area contributed by atoms with Crippen LogP contribution in [0.4, 0.5) is 0 Å². The van der Waals surface area contributed by atoms with Crippen molar-refractivity contribution in [3.8, 4) is 0 Å². The van der Waals surface area contributed by atoms with E-state index in [1.165, 1.54) is 37.1 Å². The Morgan fingerprint density at radius 3 is 2.59 bits per heavy atom. The van der Waals surface area contributed by atoms with Crippen LogP contribution in [0.1, 0.15) is 44.2 Å². The summed E-state index contributed by atoms with van der Waals surface area (Å²) >= 11 is 0. The highest BCUT2D eigenvalue weighted by Gasteiger charge is 2.16. The van der Waals surface area contributed by atoms with Crippen molar-refractivity contribution in [3.63, 3.8) is 0 Å². The Labute approximate surface area is 134 Å². The summed E-state index contributed by atoms with van der Waals surface area (Å²) in [5, 5.41) is 2.98. The third-order valence-corrected chi connectivity index (χ3v) is 4.37. The van der Waals surface area contributed by atoms with Crippen LogP contribution in [0.25, 0.3) is 0 Å². The van der Waals surface area contributed by atoms with Gasteiger partial charge in [0.1, 0.15) is 0 Å². The van der Waals surface area contributed by atoms with Gasteiger partial charge >= 0.3 is 0 Å². The van der Waals surface area contributed by atoms with E-state index < -0.39 is 0 Å². The molecular formula is C18H29N3O. The van der Waals surface area contributed by atoms with Crippen LogP contribution >= 0.6 is 0 Å². The molecule has 122 valence electrons. The van der Waals surface area contributed by atoms with Gasteiger partial charge in [-0.3, -0.25) is 9.69 Å². The number of benzene rings is 1. The van der Waals surface area contributed by atoms with Crippen molar-refractivity contribution in [2.75, 3.05) is 13.1 Å². The SMILES string of the molecule is CC(N)CC(=O)NCc1ccccc1CN1CCC(C)CC1. The van der Waals surface area contributed by atoms with Crippen molar-refractivity contribution in [2.45, 2.75) is 52.2 Å². The molecule has 1 aliphatic heterocycles. The Kier molecular flexibility index (Phi) is 6.40. The van der Waals surface area contributed by atoms with E-state index in [2.05, 4.69) is 35.3 Å². The number of carbonyl (C=O) groups is 1. The lowest BCUT2D eigenvalue weighted by atomic mass is 9.98. The van der Waals surface area contributed by atoms with E-state index in [1.54, 1.807) is 0 Å². The molecule has 1 heterocycles. The molecule has 0 aromatic heterocycles. The molecular weight excluding hydrogens is 274 g/mol. The Morgan fingerprint density at radius 1 is 1.32 bits per heavy atom. The minimum atomic E-state index is -0.0921. The summed E-state index contributed by atoms with van der Waals surface area (Å²) in [5.74, 6) is 0.876. The van der Waals surface area contributed by atoms with Crippen LogP contribution < -0.4 is 11.1 Å². The molecule has 0 aliphatic carbocycles. The number of nitrogens with one attached hydrogen (secondary N) is 1. The molecule has 1 aromatic carbocycles. The summed E-state index contributed by atoms with van der Waals surface area (Å²) in [7, 11) is 0. The van der Waals surface area contributed by atoms with Gasteiger partial charge in [0.25, 0.3) is 0 Å². The van der Waals surface area contributed by atoms with Crippen LogP contribution in [-0.2, 0) is 17.9 Å². The molecule has 0 bridgehead atoms. The van der Waals surface area contributed by atoms with Crippen molar-refractivity contribution >= 4 is 5.91 Å². The summed E-state index contributed by atoms with van der Waals surface area (Å²) in [6.45, 7) is 8.10. The monoisotopic (exact) mass is 303 g/mol. The van der Waals surface area contributed by atoms with Crippen molar-refractivity contribution in [3.05, 3.63) is 35.4 Å². The molecule has 1 saturated heterocycles. The van der Waals surface area contributed by atoms with E-state index in [1.807, 2.05) is 13.0 Å². The molecule has 2 rings (SSSR count). The van der Waals surface area contributed by atoms with Gasteiger partial charge < -0.3 is 11.1 Å². The van der Waals surface area contributed by atoms with Crippen molar-refractivity contribution in [1.29, 1.82) is 0 Å². The van der Waals surface area contributed by atoms with E-state index in [4.69, 9.17) is 5.73 Å². The lowest BCUT2D eigenvalue weighted by molar-refractivity contribution is -0.121. The summed E-state index contributed by atoms with van der Waals surface area (Å²) in [6.07, 6.45) is 2.95. The molecule has 0 saturated carbocycles. The average Bonchev–Trinajstić information content (AvgIpc) is 2.48. The Hall–Kier alpha value is -1.39. The Bertz CT molecular complexity index is 479. The van der Waals surface area contributed by atoms with Gasteiger partial charge in [-0.2, -0.15) is 0 Å². The first-order valence-corrected chi connectivity index (χ1v) is 8.36. The van der Waals surface area contributed by atoms with Crippen molar-refractivity contribution in [1.82, 2.24) is 10.2 Å². The molecule has 3 N–H and O–H groups in total. The number of rotatable bonds is 6. The normalized spacial score (nSPS) is 18.1. The summed E-state index contributed by atoms with van der Waals surface area (Å²) < 4.78 is 0. The first kappa shape index (κ1) is 17.0. The molecule has 1 aromatic rings.